The molecule has 4 rings (SSSR count). The molecule has 0 spiro atoms. The highest BCUT2D eigenvalue weighted by Crippen LogP contribution is 2.39. The molecule has 1 aliphatic heterocycles. The van der Waals surface area contributed by atoms with Crippen LogP contribution in [0.4, 0.5) is 11.4 Å². The molecule has 1 unspecified atom stereocenters. The van der Waals surface area contributed by atoms with Crippen molar-refractivity contribution in [3.63, 3.8) is 0 Å². The summed E-state index contributed by atoms with van der Waals surface area (Å²) in [5.41, 5.74) is 4.20. The summed E-state index contributed by atoms with van der Waals surface area (Å²) in [6, 6.07) is 18.0. The smallest absolute Gasteiger partial charge is 0.262 e. The molecule has 2 N–H and O–H groups in total. The number of hydrogen-bond donors (Lipinski definition) is 2. The van der Waals surface area contributed by atoms with Crippen LogP contribution in [0.1, 0.15) is 63.9 Å². The Kier molecular flexibility index (Phi) is 8.69. The summed E-state index contributed by atoms with van der Waals surface area (Å²) in [6.45, 7) is 4.49. The van der Waals surface area contributed by atoms with Crippen LogP contribution in [0.2, 0.25) is 5.02 Å². The van der Waals surface area contributed by atoms with Gasteiger partial charge >= 0.3 is 0 Å². The average Bonchev–Trinajstić information content (AvgIpc) is 3.07. The average molecular weight is 534 g/mol. The molecule has 0 fully saturated rings. The van der Waals surface area contributed by atoms with Gasteiger partial charge in [-0.05, 0) is 79.6 Å². The molecule has 0 radical (unpaired) electrons. The lowest BCUT2D eigenvalue weighted by Gasteiger charge is -2.25. The summed E-state index contributed by atoms with van der Waals surface area (Å²) in [6.07, 6.45) is 2.43. The zero-order chi connectivity index (χ0) is 27.2. The van der Waals surface area contributed by atoms with Gasteiger partial charge in [0.2, 0.25) is 5.91 Å². The van der Waals surface area contributed by atoms with E-state index in [4.69, 9.17) is 16.3 Å². The Labute approximate surface area is 228 Å². The number of nitrogens with one attached hydrogen (secondary N) is 2. The van der Waals surface area contributed by atoms with Gasteiger partial charge < -0.3 is 20.3 Å². The van der Waals surface area contributed by atoms with Crippen molar-refractivity contribution in [2.45, 2.75) is 39.0 Å². The van der Waals surface area contributed by atoms with Gasteiger partial charge in [0, 0.05) is 48.0 Å². The predicted octanol–water partition coefficient (Wildman–Crippen LogP) is 5.96. The van der Waals surface area contributed by atoms with Crippen LogP contribution in [-0.4, -0.2) is 37.9 Å². The van der Waals surface area contributed by atoms with E-state index >= 15 is 0 Å². The van der Waals surface area contributed by atoms with Gasteiger partial charge in [0.25, 0.3) is 11.8 Å². The Morgan fingerprint density at radius 2 is 1.84 bits per heavy atom. The minimum atomic E-state index is -0.229. The third kappa shape index (κ3) is 6.17. The summed E-state index contributed by atoms with van der Waals surface area (Å²) in [5, 5.41) is 6.37. The first-order valence-electron chi connectivity index (χ1n) is 12.7. The number of fused-ring (bicyclic) bond motifs is 1. The second-order valence-electron chi connectivity index (χ2n) is 9.45. The van der Waals surface area contributed by atoms with Crippen molar-refractivity contribution in [1.29, 1.82) is 0 Å². The second kappa shape index (κ2) is 12.1. The number of aryl methyl sites for hydroxylation is 1. The van der Waals surface area contributed by atoms with E-state index in [0.29, 0.717) is 40.7 Å². The molecule has 1 heterocycles. The fourth-order valence-corrected chi connectivity index (χ4v) is 5.10. The Bertz CT molecular complexity index is 1360. The summed E-state index contributed by atoms with van der Waals surface area (Å²) in [7, 11) is 1.51. The van der Waals surface area contributed by atoms with Gasteiger partial charge in [0.05, 0.1) is 12.7 Å². The molecule has 1 atom stereocenters. The topological polar surface area (TPSA) is 87.7 Å². The fourth-order valence-electron chi connectivity index (χ4n) is 4.92. The van der Waals surface area contributed by atoms with Crippen molar-refractivity contribution in [2.75, 3.05) is 30.4 Å². The van der Waals surface area contributed by atoms with E-state index in [2.05, 4.69) is 10.6 Å². The number of hydrogen-bond acceptors (Lipinski definition) is 4. The molecule has 0 saturated heterocycles. The highest BCUT2D eigenvalue weighted by atomic mass is 35.5. The quantitative estimate of drug-likeness (QED) is 0.392. The molecule has 0 aromatic heterocycles. The van der Waals surface area contributed by atoms with Crippen molar-refractivity contribution < 1.29 is 19.1 Å². The van der Waals surface area contributed by atoms with Crippen LogP contribution >= 0.6 is 11.6 Å². The number of benzene rings is 3. The number of carbonyl (C=O) groups excluding carboxylic acids is 3. The number of rotatable bonds is 7. The van der Waals surface area contributed by atoms with Gasteiger partial charge in [-0.3, -0.25) is 14.4 Å². The lowest BCUT2D eigenvalue weighted by molar-refractivity contribution is -0.118. The second-order valence-corrected chi connectivity index (χ2v) is 9.89. The molecule has 38 heavy (non-hydrogen) atoms. The zero-order valence-electron chi connectivity index (χ0n) is 21.8. The molecule has 1 aliphatic rings. The predicted molar refractivity (Wildman–Crippen MR) is 151 cm³/mol. The van der Waals surface area contributed by atoms with E-state index in [0.717, 1.165) is 36.1 Å². The van der Waals surface area contributed by atoms with Crippen LogP contribution in [0.15, 0.2) is 60.7 Å². The van der Waals surface area contributed by atoms with E-state index in [9.17, 15) is 14.4 Å². The molecular weight excluding hydrogens is 502 g/mol. The first-order chi connectivity index (χ1) is 18.3. The summed E-state index contributed by atoms with van der Waals surface area (Å²) < 4.78 is 5.58. The minimum Gasteiger partial charge on any atom is -0.496 e. The molecular formula is C30H32ClN3O4. The van der Waals surface area contributed by atoms with Crippen LogP contribution < -0.4 is 20.3 Å². The third-order valence-electron chi connectivity index (χ3n) is 6.85. The number of halogens is 1. The third-order valence-corrected chi connectivity index (χ3v) is 7.08. The van der Waals surface area contributed by atoms with Gasteiger partial charge in [-0.1, -0.05) is 29.8 Å². The largest absolute Gasteiger partial charge is 0.496 e. The van der Waals surface area contributed by atoms with Gasteiger partial charge in [-0.15, -0.1) is 0 Å². The van der Waals surface area contributed by atoms with E-state index in [1.54, 1.807) is 35.2 Å². The normalized spacial score (nSPS) is 14.7. The molecule has 7 nitrogen and oxygen atoms in total. The van der Waals surface area contributed by atoms with Gasteiger partial charge in [0.15, 0.2) is 0 Å². The number of ether oxygens (including phenoxy) is 1. The molecule has 3 aromatic rings. The maximum Gasteiger partial charge on any atom is 0.262 e. The van der Waals surface area contributed by atoms with E-state index in [1.165, 1.54) is 14.0 Å². The highest BCUT2D eigenvalue weighted by molar-refractivity contribution is 6.30. The van der Waals surface area contributed by atoms with Crippen molar-refractivity contribution >= 4 is 40.7 Å². The van der Waals surface area contributed by atoms with Crippen LogP contribution in [0.25, 0.3) is 0 Å². The number of nitrogens with zero attached hydrogens (tertiary/aromatic N) is 1. The lowest BCUT2D eigenvalue weighted by Crippen LogP contribution is -2.32. The molecule has 198 valence electrons. The van der Waals surface area contributed by atoms with E-state index < -0.39 is 0 Å². The Hall–Kier alpha value is -3.84. The Morgan fingerprint density at radius 1 is 1.05 bits per heavy atom. The van der Waals surface area contributed by atoms with Crippen molar-refractivity contribution in [3.8, 4) is 5.75 Å². The number of amides is 3. The van der Waals surface area contributed by atoms with Crippen LogP contribution in [-0.2, 0) is 4.79 Å². The van der Waals surface area contributed by atoms with E-state index in [1.807, 2.05) is 37.3 Å². The lowest BCUT2D eigenvalue weighted by atomic mass is 9.91. The number of carbonyl (C=O) groups is 3. The maximum atomic E-state index is 13.9. The van der Waals surface area contributed by atoms with Crippen molar-refractivity contribution in [2.24, 2.45) is 0 Å². The number of anilines is 2. The molecule has 0 saturated carbocycles. The first kappa shape index (κ1) is 27.2. The standard InChI is InChI=1S/C30H32ClN3O4/c1-19-7-4-5-9-24(19)29(36)33-23-11-12-25(28(18-23)38-3)30(37)34-16-6-8-21(14-15-32-20(2)35)26-17-22(31)10-13-27(26)34/h4-5,7,9-13,17-18,21H,6,8,14-16H2,1-3H3,(H,32,35)(H,33,36). The first-order valence-corrected chi connectivity index (χ1v) is 13.1. The summed E-state index contributed by atoms with van der Waals surface area (Å²) in [5.74, 6) is 0.0544. The summed E-state index contributed by atoms with van der Waals surface area (Å²) >= 11 is 6.36. The summed E-state index contributed by atoms with van der Waals surface area (Å²) in [4.78, 5) is 39.8. The molecule has 3 amide bonds. The monoisotopic (exact) mass is 533 g/mol. The number of methoxy groups -OCH3 is 1. The molecule has 3 aromatic carbocycles. The highest BCUT2D eigenvalue weighted by Gasteiger charge is 2.29. The van der Waals surface area contributed by atoms with Gasteiger partial charge in [-0.25, -0.2) is 0 Å². The van der Waals surface area contributed by atoms with Crippen LogP contribution in [0.5, 0.6) is 5.75 Å². The zero-order valence-corrected chi connectivity index (χ0v) is 22.6. The maximum absolute atomic E-state index is 13.9. The SMILES string of the molecule is COc1cc(NC(=O)c2ccccc2C)ccc1C(=O)N1CCCC(CCNC(C)=O)c2cc(Cl)ccc21. The Morgan fingerprint density at radius 3 is 2.58 bits per heavy atom. The van der Waals surface area contributed by atoms with E-state index in [-0.39, 0.29) is 23.6 Å². The van der Waals surface area contributed by atoms with Crippen LogP contribution in [0, 0.1) is 6.92 Å². The van der Waals surface area contributed by atoms with Crippen molar-refractivity contribution in [1.82, 2.24) is 5.32 Å². The van der Waals surface area contributed by atoms with Crippen molar-refractivity contribution in [3.05, 3.63) is 87.9 Å². The molecule has 8 heteroatoms. The fraction of sp³-hybridized carbons (Fsp3) is 0.300. The molecule has 0 bridgehead atoms. The minimum absolute atomic E-state index is 0.0626. The van der Waals surface area contributed by atoms with Crippen LogP contribution in [0.3, 0.4) is 0 Å². The van der Waals surface area contributed by atoms with Gasteiger partial charge in [-0.2, -0.15) is 0 Å². The van der Waals surface area contributed by atoms with Gasteiger partial charge in [0.1, 0.15) is 5.75 Å². The molecule has 0 aliphatic carbocycles. The Balaban J connectivity index is 1.60.